The smallest absolute Gasteiger partial charge is 0.334 e. The minimum atomic E-state index is -0.962. The van der Waals surface area contributed by atoms with Crippen LogP contribution in [0.15, 0.2) is 0 Å². The standard InChI is InChI=1S/C9H17NO3/c1-10-5-3-4-7(10)6-8(11)9(12)13-2/h7-8,11H,3-6H2,1-2H3. The van der Waals surface area contributed by atoms with E-state index in [1.165, 1.54) is 7.11 Å². The maximum atomic E-state index is 10.9. The topological polar surface area (TPSA) is 49.8 Å². The van der Waals surface area contributed by atoms with Gasteiger partial charge < -0.3 is 14.7 Å². The van der Waals surface area contributed by atoms with Crippen LogP contribution in [0.25, 0.3) is 0 Å². The van der Waals surface area contributed by atoms with Crippen LogP contribution in [0.1, 0.15) is 19.3 Å². The average Bonchev–Trinajstić information content (AvgIpc) is 2.50. The summed E-state index contributed by atoms with van der Waals surface area (Å²) in [6.45, 7) is 1.05. The molecule has 1 rings (SSSR count). The predicted octanol–water partition coefficient (Wildman–Crippen LogP) is 0.00460. The van der Waals surface area contributed by atoms with E-state index in [1.807, 2.05) is 7.05 Å². The molecule has 4 heteroatoms. The molecule has 0 aromatic carbocycles. The van der Waals surface area contributed by atoms with Crippen LogP contribution in [-0.2, 0) is 9.53 Å². The molecule has 1 saturated heterocycles. The fourth-order valence-electron chi connectivity index (χ4n) is 1.77. The Kier molecular flexibility index (Phi) is 3.69. The molecule has 1 aliphatic heterocycles. The molecule has 0 amide bonds. The average molecular weight is 187 g/mol. The molecule has 0 aromatic heterocycles. The van der Waals surface area contributed by atoms with E-state index in [-0.39, 0.29) is 0 Å². The number of carbonyl (C=O) groups excluding carboxylic acids is 1. The van der Waals surface area contributed by atoms with Gasteiger partial charge in [0.25, 0.3) is 0 Å². The van der Waals surface area contributed by atoms with Crippen LogP contribution in [0.2, 0.25) is 0 Å². The second-order valence-electron chi connectivity index (χ2n) is 3.55. The minimum Gasteiger partial charge on any atom is -0.467 e. The Hall–Kier alpha value is -0.610. The molecule has 1 fully saturated rings. The van der Waals surface area contributed by atoms with E-state index in [0.29, 0.717) is 12.5 Å². The van der Waals surface area contributed by atoms with Crippen molar-refractivity contribution in [3.05, 3.63) is 0 Å². The summed E-state index contributed by atoms with van der Waals surface area (Å²) in [4.78, 5) is 13.1. The van der Waals surface area contributed by atoms with Crippen molar-refractivity contribution in [3.63, 3.8) is 0 Å². The lowest BCUT2D eigenvalue weighted by molar-refractivity contribution is -0.151. The molecule has 2 unspecified atom stereocenters. The van der Waals surface area contributed by atoms with Gasteiger partial charge in [0.05, 0.1) is 7.11 Å². The number of ether oxygens (including phenoxy) is 1. The zero-order valence-electron chi connectivity index (χ0n) is 8.19. The van der Waals surface area contributed by atoms with Crippen molar-refractivity contribution in [2.24, 2.45) is 0 Å². The maximum Gasteiger partial charge on any atom is 0.334 e. The van der Waals surface area contributed by atoms with Crippen LogP contribution in [-0.4, -0.2) is 48.8 Å². The van der Waals surface area contributed by atoms with E-state index < -0.39 is 12.1 Å². The first-order valence-electron chi connectivity index (χ1n) is 4.61. The van der Waals surface area contributed by atoms with Gasteiger partial charge in [0.1, 0.15) is 0 Å². The number of carbonyl (C=O) groups is 1. The second kappa shape index (κ2) is 4.58. The monoisotopic (exact) mass is 187 g/mol. The van der Waals surface area contributed by atoms with Crippen LogP contribution < -0.4 is 0 Å². The highest BCUT2D eigenvalue weighted by atomic mass is 16.5. The van der Waals surface area contributed by atoms with Gasteiger partial charge in [-0.1, -0.05) is 0 Å². The summed E-state index contributed by atoms with van der Waals surface area (Å²) >= 11 is 0. The van der Waals surface area contributed by atoms with Gasteiger partial charge in [-0.3, -0.25) is 0 Å². The summed E-state index contributed by atoms with van der Waals surface area (Å²) in [5.41, 5.74) is 0. The zero-order chi connectivity index (χ0) is 9.84. The minimum absolute atomic E-state index is 0.328. The van der Waals surface area contributed by atoms with Gasteiger partial charge in [-0.25, -0.2) is 4.79 Å². The summed E-state index contributed by atoms with van der Waals surface area (Å²) in [6.07, 6.45) is 1.73. The van der Waals surface area contributed by atoms with Crippen LogP contribution >= 0.6 is 0 Å². The van der Waals surface area contributed by atoms with Crippen LogP contribution in [0.5, 0.6) is 0 Å². The van der Waals surface area contributed by atoms with E-state index in [2.05, 4.69) is 9.64 Å². The van der Waals surface area contributed by atoms with Crippen molar-refractivity contribution in [1.29, 1.82) is 0 Å². The lowest BCUT2D eigenvalue weighted by Crippen LogP contribution is -2.33. The third kappa shape index (κ3) is 2.67. The number of likely N-dealkylation sites (tertiary alicyclic amines) is 1. The van der Waals surface area contributed by atoms with Gasteiger partial charge in [0, 0.05) is 6.04 Å². The molecule has 0 spiro atoms. The molecule has 0 radical (unpaired) electrons. The van der Waals surface area contributed by atoms with Crippen molar-refractivity contribution in [2.75, 3.05) is 20.7 Å². The Morgan fingerprint density at radius 2 is 2.46 bits per heavy atom. The molecule has 2 atom stereocenters. The molecule has 1 aliphatic rings. The molecule has 1 N–H and O–H groups in total. The third-order valence-electron chi connectivity index (χ3n) is 2.64. The van der Waals surface area contributed by atoms with E-state index in [4.69, 9.17) is 0 Å². The van der Waals surface area contributed by atoms with E-state index >= 15 is 0 Å². The first-order valence-corrected chi connectivity index (χ1v) is 4.61. The van der Waals surface area contributed by atoms with Crippen LogP contribution in [0.3, 0.4) is 0 Å². The third-order valence-corrected chi connectivity index (χ3v) is 2.64. The zero-order valence-corrected chi connectivity index (χ0v) is 8.19. The molecule has 76 valence electrons. The Labute approximate surface area is 78.5 Å². The first-order chi connectivity index (χ1) is 6.15. The van der Waals surface area contributed by atoms with Crippen molar-refractivity contribution < 1.29 is 14.6 Å². The van der Waals surface area contributed by atoms with E-state index in [9.17, 15) is 9.90 Å². The summed E-state index contributed by atoms with van der Waals surface area (Å²) < 4.78 is 4.45. The molecular weight excluding hydrogens is 170 g/mol. The number of nitrogens with zero attached hydrogens (tertiary/aromatic N) is 1. The van der Waals surface area contributed by atoms with Gasteiger partial charge in [0.2, 0.25) is 0 Å². The van der Waals surface area contributed by atoms with Gasteiger partial charge in [-0.2, -0.15) is 0 Å². The number of methoxy groups -OCH3 is 1. The van der Waals surface area contributed by atoms with Gasteiger partial charge in [0.15, 0.2) is 6.10 Å². The largest absolute Gasteiger partial charge is 0.467 e. The fourth-order valence-corrected chi connectivity index (χ4v) is 1.77. The highest BCUT2D eigenvalue weighted by Crippen LogP contribution is 2.19. The number of aliphatic hydroxyl groups is 1. The van der Waals surface area contributed by atoms with Crippen molar-refractivity contribution in [1.82, 2.24) is 4.90 Å². The number of hydrogen-bond acceptors (Lipinski definition) is 4. The number of hydrogen-bond donors (Lipinski definition) is 1. The highest BCUT2D eigenvalue weighted by molar-refractivity contribution is 5.74. The second-order valence-corrected chi connectivity index (χ2v) is 3.55. The number of aliphatic hydroxyl groups excluding tert-OH is 1. The predicted molar refractivity (Wildman–Crippen MR) is 48.3 cm³/mol. The molecular formula is C9H17NO3. The lowest BCUT2D eigenvalue weighted by Gasteiger charge is -2.20. The molecule has 0 aliphatic carbocycles. The Morgan fingerprint density at radius 1 is 1.77 bits per heavy atom. The Bertz CT molecular complexity index is 184. The lowest BCUT2D eigenvalue weighted by atomic mass is 10.1. The molecule has 13 heavy (non-hydrogen) atoms. The van der Waals surface area contributed by atoms with E-state index in [0.717, 1.165) is 19.4 Å². The first kappa shape index (κ1) is 10.5. The van der Waals surface area contributed by atoms with Gasteiger partial charge >= 0.3 is 5.97 Å². The van der Waals surface area contributed by atoms with E-state index in [1.54, 1.807) is 0 Å². The van der Waals surface area contributed by atoms with Crippen molar-refractivity contribution in [3.8, 4) is 0 Å². The SMILES string of the molecule is COC(=O)C(O)CC1CCCN1C. The molecule has 4 nitrogen and oxygen atoms in total. The number of esters is 1. The molecule has 0 saturated carbocycles. The van der Waals surface area contributed by atoms with Gasteiger partial charge in [-0.15, -0.1) is 0 Å². The quantitative estimate of drug-likeness (QED) is 0.632. The van der Waals surface area contributed by atoms with Crippen molar-refractivity contribution in [2.45, 2.75) is 31.4 Å². The Morgan fingerprint density at radius 3 is 2.92 bits per heavy atom. The van der Waals surface area contributed by atoms with Crippen LogP contribution in [0.4, 0.5) is 0 Å². The maximum absolute atomic E-state index is 10.9. The summed E-state index contributed by atoms with van der Waals surface area (Å²) in [5, 5.41) is 9.39. The fraction of sp³-hybridized carbons (Fsp3) is 0.889. The highest BCUT2D eigenvalue weighted by Gasteiger charge is 2.26. The Balaban J connectivity index is 2.34. The summed E-state index contributed by atoms with van der Waals surface area (Å²) in [5.74, 6) is -0.527. The van der Waals surface area contributed by atoms with Crippen molar-refractivity contribution >= 4 is 5.97 Å². The summed E-state index contributed by atoms with van der Waals surface area (Å²) in [7, 11) is 3.31. The van der Waals surface area contributed by atoms with Crippen LogP contribution in [0, 0.1) is 0 Å². The number of rotatable bonds is 3. The normalized spacial score (nSPS) is 25.9. The molecule has 0 aromatic rings. The molecule has 1 heterocycles. The summed E-state index contributed by atoms with van der Waals surface area (Å²) in [6, 6.07) is 0.328. The molecule has 0 bridgehead atoms. The van der Waals surface area contributed by atoms with Gasteiger partial charge in [-0.05, 0) is 32.9 Å².